The minimum Gasteiger partial charge on any atom is -0.479 e. The maximum atomic E-state index is 13.1. The molecule has 0 aliphatic carbocycles. The van der Waals surface area contributed by atoms with Gasteiger partial charge in [-0.2, -0.15) is 41.3 Å². The van der Waals surface area contributed by atoms with Crippen molar-refractivity contribution >= 4 is 29.2 Å². The van der Waals surface area contributed by atoms with Gasteiger partial charge in [0.25, 0.3) is 0 Å². The molecule has 0 amide bonds. The molecule has 2 aromatic carbocycles. The van der Waals surface area contributed by atoms with Gasteiger partial charge in [-0.1, -0.05) is 12.1 Å². The normalized spacial score (nSPS) is 14.6. The zero-order chi connectivity index (χ0) is 26.9. The van der Waals surface area contributed by atoms with Crippen LogP contribution < -0.4 is 16.4 Å². The lowest BCUT2D eigenvalue weighted by Gasteiger charge is -2.26. The number of benzene rings is 2. The summed E-state index contributed by atoms with van der Waals surface area (Å²) in [6.45, 7) is 1.04. The van der Waals surface area contributed by atoms with E-state index in [1.165, 1.54) is 12.1 Å². The van der Waals surface area contributed by atoms with Crippen LogP contribution in [-0.4, -0.2) is 37.2 Å². The zero-order valence-electron chi connectivity index (χ0n) is 18.2. The zero-order valence-corrected chi connectivity index (χ0v) is 18.2. The van der Waals surface area contributed by atoms with E-state index >= 15 is 0 Å². The highest BCUT2D eigenvalue weighted by Crippen LogP contribution is 2.33. The number of carboxylic acids is 1. The number of aromatic nitrogens is 3. The van der Waals surface area contributed by atoms with Gasteiger partial charge in [-0.05, 0) is 43.3 Å². The lowest BCUT2D eigenvalue weighted by molar-refractivity contribution is -0.148. The lowest BCUT2D eigenvalue weighted by Crippen LogP contribution is -2.54. The highest BCUT2D eigenvalue weighted by Gasteiger charge is 2.45. The van der Waals surface area contributed by atoms with E-state index < -0.39 is 58.8 Å². The minimum atomic E-state index is -4.67. The second kappa shape index (κ2) is 9.58. The number of hydrogen-bond donors (Lipinski definition) is 5. The Kier molecular flexibility index (Phi) is 7.08. The molecule has 0 fully saturated rings. The first-order chi connectivity index (χ1) is 16.6. The topological polar surface area (TPSA) is 146 Å². The van der Waals surface area contributed by atoms with E-state index in [2.05, 4.69) is 25.6 Å². The second-order valence-corrected chi connectivity index (χ2v) is 7.56. The van der Waals surface area contributed by atoms with Gasteiger partial charge in [-0.25, -0.2) is 4.79 Å². The molecule has 0 saturated heterocycles. The summed E-state index contributed by atoms with van der Waals surface area (Å²) >= 11 is 0. The van der Waals surface area contributed by atoms with Crippen LogP contribution >= 0.6 is 0 Å². The smallest absolute Gasteiger partial charge is 0.416 e. The van der Waals surface area contributed by atoms with E-state index in [0.717, 1.165) is 43.3 Å². The van der Waals surface area contributed by atoms with Gasteiger partial charge in [0.2, 0.25) is 17.4 Å². The summed E-state index contributed by atoms with van der Waals surface area (Å²) in [5.41, 5.74) is 0.920. The number of nitrogens with two attached hydrogens (primary N) is 1. The van der Waals surface area contributed by atoms with Gasteiger partial charge in [0.15, 0.2) is 5.82 Å². The van der Waals surface area contributed by atoms with Crippen LogP contribution in [0.3, 0.4) is 0 Å². The van der Waals surface area contributed by atoms with Crippen LogP contribution in [0.1, 0.15) is 23.9 Å². The highest BCUT2D eigenvalue weighted by molar-refractivity contribution is 5.80. The molecule has 0 aliphatic heterocycles. The summed E-state index contributed by atoms with van der Waals surface area (Å²) in [4.78, 5) is 23.4. The van der Waals surface area contributed by atoms with Gasteiger partial charge in [0.05, 0.1) is 17.2 Å². The number of aliphatic carboxylic acids is 1. The van der Waals surface area contributed by atoms with Crippen molar-refractivity contribution in [2.24, 2.45) is 5.73 Å². The van der Waals surface area contributed by atoms with Crippen molar-refractivity contribution in [1.29, 1.82) is 0 Å². The molecule has 192 valence electrons. The quantitative estimate of drug-likeness (QED) is 0.294. The van der Waals surface area contributed by atoms with Gasteiger partial charge in [0.1, 0.15) is 0 Å². The van der Waals surface area contributed by atoms with Gasteiger partial charge >= 0.3 is 18.3 Å². The Morgan fingerprint density at radius 2 is 1.28 bits per heavy atom. The van der Waals surface area contributed by atoms with E-state index in [9.17, 15) is 41.4 Å². The molecule has 3 aromatic rings. The number of rotatable bonds is 7. The Balaban J connectivity index is 2.09. The van der Waals surface area contributed by atoms with E-state index in [-0.39, 0.29) is 11.4 Å². The van der Waals surface area contributed by atoms with Crippen LogP contribution in [0.2, 0.25) is 0 Å². The largest absolute Gasteiger partial charge is 0.479 e. The lowest BCUT2D eigenvalue weighted by atomic mass is 9.94. The number of nitrogens with zero attached hydrogens (tertiary/aromatic N) is 3. The summed E-state index contributed by atoms with van der Waals surface area (Å²) in [6, 6.07) is 7.74. The third-order valence-corrected chi connectivity index (χ3v) is 4.91. The van der Waals surface area contributed by atoms with Gasteiger partial charge in [-0.15, -0.1) is 0 Å². The van der Waals surface area contributed by atoms with Crippen LogP contribution in [0.15, 0.2) is 48.5 Å². The maximum Gasteiger partial charge on any atom is 0.416 e. The van der Waals surface area contributed by atoms with Crippen molar-refractivity contribution in [3.63, 3.8) is 0 Å². The van der Waals surface area contributed by atoms with E-state index in [4.69, 9.17) is 5.73 Å². The standard InChI is InChI=1S/C21H18F6N6O3/c1-10(34)19(28,16(35)36)15-31-17(29-13-6-2-4-11(8-13)20(22,23)24)33-18(32-15)30-14-7-3-5-12(9-14)21(25,26)27/h2-10,34H,28H2,1H3,(H,35,36)(H2,29,30,31,32,33)/t10-,19-/m1/s1. The molecule has 0 bridgehead atoms. The summed E-state index contributed by atoms with van der Waals surface area (Å²) in [5.74, 6) is -3.46. The van der Waals surface area contributed by atoms with E-state index in [1.807, 2.05) is 0 Å². The Morgan fingerprint density at radius 1 is 0.861 bits per heavy atom. The van der Waals surface area contributed by atoms with Crippen molar-refractivity contribution < 1.29 is 41.4 Å². The van der Waals surface area contributed by atoms with Gasteiger partial charge < -0.3 is 26.6 Å². The van der Waals surface area contributed by atoms with Crippen LogP contribution in [0.25, 0.3) is 0 Å². The number of halogens is 6. The number of aliphatic hydroxyl groups excluding tert-OH is 1. The molecule has 36 heavy (non-hydrogen) atoms. The fourth-order valence-electron chi connectivity index (χ4n) is 2.94. The third-order valence-electron chi connectivity index (χ3n) is 4.91. The number of anilines is 4. The van der Waals surface area contributed by atoms with Crippen LogP contribution in [0, 0.1) is 0 Å². The molecule has 0 aliphatic rings. The van der Waals surface area contributed by atoms with E-state index in [1.54, 1.807) is 0 Å². The van der Waals surface area contributed by atoms with Crippen LogP contribution in [0.5, 0.6) is 0 Å². The first-order valence-corrected chi connectivity index (χ1v) is 9.96. The second-order valence-electron chi connectivity index (χ2n) is 7.56. The van der Waals surface area contributed by atoms with Crippen LogP contribution in [0.4, 0.5) is 49.6 Å². The molecule has 0 radical (unpaired) electrons. The molecule has 1 heterocycles. The predicted molar refractivity (Wildman–Crippen MR) is 114 cm³/mol. The molecule has 6 N–H and O–H groups in total. The Labute approximate surface area is 199 Å². The monoisotopic (exact) mass is 516 g/mol. The summed E-state index contributed by atoms with van der Waals surface area (Å²) in [5, 5.41) is 24.5. The molecule has 15 heteroatoms. The molecule has 3 rings (SSSR count). The summed E-state index contributed by atoms with van der Waals surface area (Å²) in [6.07, 6.45) is -11.1. The fourth-order valence-corrected chi connectivity index (χ4v) is 2.94. The number of hydrogen-bond acceptors (Lipinski definition) is 8. The summed E-state index contributed by atoms with van der Waals surface area (Å²) in [7, 11) is 0. The molecule has 1 aromatic heterocycles. The number of carbonyl (C=O) groups is 1. The Bertz CT molecular complexity index is 1190. The van der Waals surface area contributed by atoms with Gasteiger partial charge in [0, 0.05) is 11.4 Å². The highest BCUT2D eigenvalue weighted by atomic mass is 19.4. The molecule has 2 atom stereocenters. The molecule has 0 unspecified atom stereocenters. The first-order valence-electron chi connectivity index (χ1n) is 9.96. The maximum absolute atomic E-state index is 13.1. The van der Waals surface area contributed by atoms with Crippen molar-refractivity contribution in [3.8, 4) is 0 Å². The molecule has 0 saturated carbocycles. The predicted octanol–water partition coefficient (Wildman–Crippen LogP) is 4.02. The average molecular weight is 516 g/mol. The van der Waals surface area contributed by atoms with Crippen molar-refractivity contribution in [1.82, 2.24) is 15.0 Å². The average Bonchev–Trinajstić information content (AvgIpc) is 2.77. The minimum absolute atomic E-state index is 0.151. The van der Waals surface area contributed by atoms with Gasteiger partial charge in [-0.3, -0.25) is 0 Å². The van der Waals surface area contributed by atoms with Crippen molar-refractivity contribution in [2.75, 3.05) is 10.6 Å². The first kappa shape index (κ1) is 26.6. The molecule has 9 nitrogen and oxygen atoms in total. The summed E-state index contributed by atoms with van der Waals surface area (Å²) < 4.78 is 78.4. The Morgan fingerprint density at radius 3 is 1.61 bits per heavy atom. The third kappa shape index (κ3) is 5.80. The fraction of sp³-hybridized carbons (Fsp3) is 0.238. The molecule has 0 spiro atoms. The number of carboxylic acid groups (broad SMARTS) is 1. The molecular formula is C21H18F6N6O3. The van der Waals surface area contributed by atoms with Crippen molar-refractivity contribution in [3.05, 3.63) is 65.5 Å². The Hall–Kier alpha value is -3.98. The van der Waals surface area contributed by atoms with Crippen LogP contribution in [-0.2, 0) is 22.7 Å². The van der Waals surface area contributed by atoms with Crippen molar-refractivity contribution in [2.45, 2.75) is 30.9 Å². The number of alkyl halides is 6. The number of aliphatic hydroxyl groups is 1. The SMILES string of the molecule is C[C@@H](O)[C@](N)(C(=O)O)c1nc(Nc2cccc(C(F)(F)F)c2)nc(Nc2cccc(C(F)(F)F)c2)n1. The molecular weight excluding hydrogens is 498 g/mol. The van der Waals surface area contributed by atoms with E-state index in [0.29, 0.717) is 0 Å². The number of nitrogens with one attached hydrogen (secondary N) is 2.